The van der Waals surface area contributed by atoms with E-state index in [0.29, 0.717) is 13.2 Å². The molecule has 1 N–H and O–H groups in total. The standard InChI is InChI=1S/C14H16N2O2/c1-17-12-6-2-3-7-13(12)18-11-10-16-14-8-4-5-9-15-14/h2-9H,10-11H2,1H3,(H,15,16). The highest BCUT2D eigenvalue weighted by Crippen LogP contribution is 2.25. The van der Waals surface area contributed by atoms with Crippen molar-refractivity contribution in [1.82, 2.24) is 4.98 Å². The predicted molar refractivity (Wildman–Crippen MR) is 71.2 cm³/mol. The first-order valence-corrected chi connectivity index (χ1v) is 5.81. The van der Waals surface area contributed by atoms with Crippen molar-refractivity contribution in [3.63, 3.8) is 0 Å². The van der Waals surface area contributed by atoms with Crippen LogP contribution < -0.4 is 14.8 Å². The van der Waals surface area contributed by atoms with Crippen LogP contribution in [0.15, 0.2) is 48.7 Å². The second kappa shape index (κ2) is 6.49. The molecule has 2 rings (SSSR count). The number of benzene rings is 1. The smallest absolute Gasteiger partial charge is 0.161 e. The van der Waals surface area contributed by atoms with Gasteiger partial charge >= 0.3 is 0 Å². The summed E-state index contributed by atoms with van der Waals surface area (Å²) < 4.78 is 10.8. The average Bonchev–Trinajstić information content (AvgIpc) is 2.45. The van der Waals surface area contributed by atoms with Gasteiger partial charge in [0.2, 0.25) is 0 Å². The second-order valence-electron chi connectivity index (χ2n) is 3.64. The molecule has 0 bridgehead atoms. The molecule has 4 heteroatoms. The van der Waals surface area contributed by atoms with E-state index in [0.717, 1.165) is 17.3 Å². The number of anilines is 1. The van der Waals surface area contributed by atoms with Crippen molar-refractivity contribution >= 4 is 5.82 Å². The second-order valence-corrected chi connectivity index (χ2v) is 3.64. The highest BCUT2D eigenvalue weighted by Gasteiger charge is 2.01. The molecule has 0 amide bonds. The van der Waals surface area contributed by atoms with Crippen LogP contribution in [0.3, 0.4) is 0 Å². The van der Waals surface area contributed by atoms with Gasteiger partial charge in [-0.15, -0.1) is 0 Å². The third-order valence-electron chi connectivity index (χ3n) is 2.40. The molecule has 1 heterocycles. The largest absolute Gasteiger partial charge is 0.493 e. The number of nitrogens with one attached hydrogen (secondary N) is 1. The van der Waals surface area contributed by atoms with Crippen molar-refractivity contribution in [3.8, 4) is 11.5 Å². The Morgan fingerprint density at radius 1 is 1.06 bits per heavy atom. The summed E-state index contributed by atoms with van der Waals surface area (Å²) in [6, 6.07) is 13.3. The molecule has 0 fully saturated rings. The normalized spacial score (nSPS) is 9.83. The number of methoxy groups -OCH3 is 1. The van der Waals surface area contributed by atoms with Crippen molar-refractivity contribution in [1.29, 1.82) is 0 Å². The van der Waals surface area contributed by atoms with Crippen LogP contribution >= 0.6 is 0 Å². The van der Waals surface area contributed by atoms with Gasteiger partial charge in [-0.05, 0) is 24.3 Å². The Morgan fingerprint density at radius 2 is 1.83 bits per heavy atom. The van der Waals surface area contributed by atoms with E-state index >= 15 is 0 Å². The van der Waals surface area contributed by atoms with E-state index in [2.05, 4.69) is 10.3 Å². The summed E-state index contributed by atoms with van der Waals surface area (Å²) in [5.74, 6) is 2.35. The Bertz CT molecular complexity index is 474. The fraction of sp³-hybridized carbons (Fsp3) is 0.214. The highest BCUT2D eigenvalue weighted by atomic mass is 16.5. The van der Waals surface area contributed by atoms with Gasteiger partial charge in [-0.25, -0.2) is 4.98 Å². The molecule has 0 unspecified atom stereocenters. The minimum Gasteiger partial charge on any atom is -0.493 e. The minimum absolute atomic E-state index is 0.553. The molecule has 0 aliphatic carbocycles. The molecule has 0 radical (unpaired) electrons. The SMILES string of the molecule is COc1ccccc1OCCNc1ccccn1. The number of ether oxygens (including phenoxy) is 2. The number of rotatable bonds is 6. The predicted octanol–water partition coefficient (Wildman–Crippen LogP) is 2.58. The van der Waals surface area contributed by atoms with Crippen LogP contribution in [0, 0.1) is 0 Å². The molecular formula is C14H16N2O2. The van der Waals surface area contributed by atoms with Crippen molar-refractivity contribution in [2.24, 2.45) is 0 Å². The summed E-state index contributed by atoms with van der Waals surface area (Å²) in [5, 5.41) is 3.18. The molecule has 0 saturated heterocycles. The maximum absolute atomic E-state index is 5.63. The third-order valence-corrected chi connectivity index (χ3v) is 2.40. The zero-order valence-electron chi connectivity index (χ0n) is 10.3. The van der Waals surface area contributed by atoms with E-state index in [4.69, 9.17) is 9.47 Å². The van der Waals surface area contributed by atoms with E-state index in [1.165, 1.54) is 0 Å². The van der Waals surface area contributed by atoms with Gasteiger partial charge in [-0.3, -0.25) is 0 Å². The molecule has 4 nitrogen and oxygen atoms in total. The lowest BCUT2D eigenvalue weighted by Gasteiger charge is -2.10. The molecule has 18 heavy (non-hydrogen) atoms. The van der Waals surface area contributed by atoms with Gasteiger partial charge < -0.3 is 14.8 Å². The molecule has 0 aliphatic rings. The monoisotopic (exact) mass is 244 g/mol. The molecule has 1 aromatic heterocycles. The van der Waals surface area contributed by atoms with Gasteiger partial charge in [0.1, 0.15) is 12.4 Å². The summed E-state index contributed by atoms with van der Waals surface area (Å²) in [7, 11) is 1.63. The lowest BCUT2D eigenvalue weighted by Crippen LogP contribution is -2.12. The zero-order valence-corrected chi connectivity index (χ0v) is 10.3. The molecule has 0 saturated carbocycles. The number of hydrogen-bond donors (Lipinski definition) is 1. The summed E-state index contributed by atoms with van der Waals surface area (Å²) in [6.07, 6.45) is 1.75. The van der Waals surface area contributed by atoms with Crippen LogP contribution in [0.25, 0.3) is 0 Å². The Morgan fingerprint density at radius 3 is 2.56 bits per heavy atom. The van der Waals surface area contributed by atoms with Crippen molar-refractivity contribution in [2.75, 3.05) is 25.6 Å². The zero-order chi connectivity index (χ0) is 12.6. The lowest BCUT2D eigenvalue weighted by atomic mass is 10.3. The molecular weight excluding hydrogens is 228 g/mol. The molecule has 1 aromatic carbocycles. The fourth-order valence-corrected chi connectivity index (χ4v) is 1.55. The van der Waals surface area contributed by atoms with Crippen molar-refractivity contribution < 1.29 is 9.47 Å². The number of aromatic nitrogens is 1. The summed E-state index contributed by atoms with van der Waals surface area (Å²) in [4.78, 5) is 4.17. The molecule has 2 aromatic rings. The van der Waals surface area contributed by atoms with E-state index in [1.807, 2.05) is 42.5 Å². The minimum atomic E-state index is 0.553. The summed E-state index contributed by atoms with van der Waals surface area (Å²) in [5.41, 5.74) is 0. The maximum Gasteiger partial charge on any atom is 0.161 e. The number of nitrogens with zero attached hydrogens (tertiary/aromatic N) is 1. The summed E-state index contributed by atoms with van der Waals surface area (Å²) >= 11 is 0. The molecule has 94 valence electrons. The first-order valence-electron chi connectivity index (χ1n) is 5.81. The Balaban J connectivity index is 1.78. The molecule has 0 spiro atoms. The van der Waals surface area contributed by atoms with E-state index in [1.54, 1.807) is 13.3 Å². The number of hydrogen-bond acceptors (Lipinski definition) is 4. The average molecular weight is 244 g/mol. The van der Waals surface area contributed by atoms with Crippen LogP contribution in [0.4, 0.5) is 5.82 Å². The van der Waals surface area contributed by atoms with Crippen LogP contribution in [-0.4, -0.2) is 25.2 Å². The van der Waals surface area contributed by atoms with Gasteiger partial charge in [0.25, 0.3) is 0 Å². The van der Waals surface area contributed by atoms with Crippen LogP contribution in [0.5, 0.6) is 11.5 Å². The third kappa shape index (κ3) is 3.38. The van der Waals surface area contributed by atoms with E-state index < -0.39 is 0 Å². The Labute approximate surface area is 107 Å². The van der Waals surface area contributed by atoms with Crippen LogP contribution in [0.2, 0.25) is 0 Å². The quantitative estimate of drug-likeness (QED) is 0.793. The van der Waals surface area contributed by atoms with Crippen molar-refractivity contribution in [2.45, 2.75) is 0 Å². The van der Waals surface area contributed by atoms with Gasteiger partial charge in [-0.1, -0.05) is 18.2 Å². The van der Waals surface area contributed by atoms with Gasteiger partial charge in [-0.2, -0.15) is 0 Å². The number of pyridine rings is 1. The van der Waals surface area contributed by atoms with E-state index in [-0.39, 0.29) is 0 Å². The van der Waals surface area contributed by atoms with Gasteiger partial charge in [0.05, 0.1) is 13.7 Å². The summed E-state index contributed by atoms with van der Waals surface area (Å²) in [6.45, 7) is 1.24. The lowest BCUT2D eigenvalue weighted by molar-refractivity contribution is 0.306. The van der Waals surface area contributed by atoms with Gasteiger partial charge in [0.15, 0.2) is 11.5 Å². The Hall–Kier alpha value is -2.23. The maximum atomic E-state index is 5.63. The molecule has 0 atom stereocenters. The Kier molecular flexibility index (Phi) is 4.41. The first-order chi connectivity index (χ1) is 8.90. The topological polar surface area (TPSA) is 43.4 Å². The van der Waals surface area contributed by atoms with Crippen LogP contribution in [0.1, 0.15) is 0 Å². The van der Waals surface area contributed by atoms with E-state index in [9.17, 15) is 0 Å². The van der Waals surface area contributed by atoms with Gasteiger partial charge in [0, 0.05) is 6.20 Å². The fourth-order valence-electron chi connectivity index (χ4n) is 1.55. The molecule has 0 aliphatic heterocycles. The highest BCUT2D eigenvalue weighted by molar-refractivity contribution is 5.39. The van der Waals surface area contributed by atoms with Crippen molar-refractivity contribution in [3.05, 3.63) is 48.7 Å². The number of para-hydroxylation sites is 2. The first kappa shape index (κ1) is 12.2. The van der Waals surface area contributed by atoms with Crippen LogP contribution in [-0.2, 0) is 0 Å².